The molecular weight excluding hydrogens is 448 g/mol. The number of phenols is 1. The number of phenolic OH excluding ortho intramolecular Hbond substituents is 1. The molecule has 184 valence electrons. The van der Waals surface area contributed by atoms with Gasteiger partial charge in [-0.1, -0.05) is 12.1 Å². The van der Waals surface area contributed by atoms with Gasteiger partial charge in [-0.05, 0) is 24.6 Å². The highest BCUT2D eigenvalue weighted by molar-refractivity contribution is 5.94. The molecule has 2 rings (SSSR count). The maximum Gasteiger partial charge on any atom is 0.322 e. The number of aliphatic hydroxyl groups is 1. The van der Waals surface area contributed by atoms with Crippen LogP contribution in [0.3, 0.4) is 0 Å². The molecule has 0 aliphatic carbocycles. The van der Waals surface area contributed by atoms with E-state index in [1.165, 1.54) is 31.6 Å². The normalized spacial score (nSPS) is 14.3. The average molecular weight is 476 g/mol. The van der Waals surface area contributed by atoms with Crippen LogP contribution >= 0.6 is 0 Å². The lowest BCUT2D eigenvalue weighted by Crippen LogP contribution is -2.58. The number of aliphatic hydroxyl groups excluding tert-OH is 1. The highest BCUT2D eigenvalue weighted by atomic mass is 16.4. The summed E-state index contributed by atoms with van der Waals surface area (Å²) >= 11 is 0. The largest absolute Gasteiger partial charge is 0.508 e. The van der Waals surface area contributed by atoms with Crippen LogP contribution < -0.4 is 21.7 Å². The van der Waals surface area contributed by atoms with E-state index in [0.717, 1.165) is 0 Å². The van der Waals surface area contributed by atoms with Crippen molar-refractivity contribution in [3.8, 4) is 5.75 Å². The van der Waals surface area contributed by atoms with Gasteiger partial charge in [0.05, 0.1) is 12.4 Å². The summed E-state index contributed by atoms with van der Waals surface area (Å²) in [5.74, 6) is -3.52. The van der Waals surface area contributed by atoms with Gasteiger partial charge in [-0.15, -0.1) is 0 Å². The summed E-state index contributed by atoms with van der Waals surface area (Å²) in [7, 11) is 0. The number of aliphatic carboxylic acids is 1. The van der Waals surface area contributed by atoms with Gasteiger partial charge in [0.1, 0.15) is 30.4 Å². The van der Waals surface area contributed by atoms with E-state index in [1.807, 2.05) is 0 Å². The number of hydrogen-bond acceptors (Lipinski definition) is 8. The molecule has 0 aliphatic heterocycles. The standard InChI is InChI=1S/C21H28N6O7/c1-11(28)18(22)21(34)27-15(6-12-2-4-14(29)5-3-12)20(33)26-16(7-13-8-23-10-25-13)19(32)24-9-17(30)31/h2-5,8,10-11,15-16,18,28-29H,6-7,9,22H2,1H3,(H,23,25)(H,24,32)(H,26,33)(H,27,34)(H,30,31). The molecule has 1 aromatic carbocycles. The Labute approximate surface area is 194 Å². The average Bonchev–Trinajstić information content (AvgIpc) is 3.30. The number of carbonyl (C=O) groups excluding carboxylic acids is 3. The van der Waals surface area contributed by atoms with Gasteiger partial charge in [0.2, 0.25) is 17.7 Å². The molecule has 13 heteroatoms. The third-order valence-electron chi connectivity index (χ3n) is 4.86. The first-order chi connectivity index (χ1) is 16.1. The number of nitrogens with zero attached hydrogens (tertiary/aromatic N) is 1. The number of amides is 3. The van der Waals surface area contributed by atoms with Gasteiger partial charge < -0.3 is 42.0 Å². The second-order valence-electron chi connectivity index (χ2n) is 7.65. The van der Waals surface area contributed by atoms with E-state index >= 15 is 0 Å². The third-order valence-corrected chi connectivity index (χ3v) is 4.86. The van der Waals surface area contributed by atoms with Crippen LogP contribution in [0, 0.1) is 0 Å². The van der Waals surface area contributed by atoms with Crippen LogP contribution in [0.4, 0.5) is 0 Å². The minimum atomic E-state index is -1.30. The number of benzene rings is 1. The lowest BCUT2D eigenvalue weighted by Gasteiger charge is -2.24. The molecule has 0 radical (unpaired) electrons. The summed E-state index contributed by atoms with van der Waals surface area (Å²) in [4.78, 5) is 55.6. The molecular formula is C21H28N6O7. The van der Waals surface area contributed by atoms with Crippen LogP contribution in [0.5, 0.6) is 5.75 Å². The quantitative estimate of drug-likeness (QED) is 0.166. The van der Waals surface area contributed by atoms with Crippen molar-refractivity contribution in [1.29, 1.82) is 0 Å². The number of carbonyl (C=O) groups is 4. The van der Waals surface area contributed by atoms with E-state index in [0.29, 0.717) is 11.3 Å². The first kappa shape index (κ1) is 26.3. The van der Waals surface area contributed by atoms with Crippen molar-refractivity contribution in [3.05, 3.63) is 48.0 Å². The Morgan fingerprint density at radius 3 is 2.21 bits per heavy atom. The summed E-state index contributed by atoms with van der Waals surface area (Å²) in [6, 6.07) is 2.25. The van der Waals surface area contributed by atoms with Gasteiger partial charge in [0.25, 0.3) is 0 Å². The molecule has 13 nitrogen and oxygen atoms in total. The topological polar surface area (TPSA) is 220 Å². The van der Waals surface area contributed by atoms with Crippen molar-refractivity contribution in [2.45, 2.75) is 44.0 Å². The van der Waals surface area contributed by atoms with E-state index in [2.05, 4.69) is 25.9 Å². The zero-order valence-electron chi connectivity index (χ0n) is 18.4. The van der Waals surface area contributed by atoms with Crippen LogP contribution in [0.15, 0.2) is 36.8 Å². The van der Waals surface area contributed by atoms with Crippen LogP contribution in [0.1, 0.15) is 18.2 Å². The summed E-state index contributed by atoms with van der Waals surface area (Å²) in [6.45, 7) is 0.678. The number of hydrogen-bond donors (Lipinski definition) is 8. The number of aromatic amines is 1. The van der Waals surface area contributed by atoms with Gasteiger partial charge in [0, 0.05) is 24.7 Å². The molecule has 9 N–H and O–H groups in total. The van der Waals surface area contributed by atoms with Crippen LogP contribution in [-0.4, -0.2) is 79.8 Å². The maximum atomic E-state index is 13.1. The molecule has 0 saturated heterocycles. The smallest absolute Gasteiger partial charge is 0.322 e. The molecule has 4 unspecified atom stereocenters. The monoisotopic (exact) mass is 476 g/mol. The van der Waals surface area contributed by atoms with Crippen molar-refractivity contribution < 1.29 is 34.5 Å². The minimum Gasteiger partial charge on any atom is -0.508 e. The van der Waals surface area contributed by atoms with Crippen molar-refractivity contribution >= 4 is 23.7 Å². The lowest BCUT2D eigenvalue weighted by atomic mass is 10.0. The fraction of sp³-hybridized carbons (Fsp3) is 0.381. The van der Waals surface area contributed by atoms with E-state index in [9.17, 15) is 29.4 Å². The van der Waals surface area contributed by atoms with Crippen LogP contribution in [-0.2, 0) is 32.0 Å². The van der Waals surface area contributed by atoms with Gasteiger partial charge >= 0.3 is 5.97 Å². The maximum absolute atomic E-state index is 13.1. The second-order valence-corrected chi connectivity index (χ2v) is 7.65. The molecule has 4 atom stereocenters. The number of carboxylic acids is 1. The third kappa shape index (κ3) is 8.18. The fourth-order valence-electron chi connectivity index (χ4n) is 2.95. The van der Waals surface area contributed by atoms with Gasteiger partial charge in [-0.2, -0.15) is 0 Å². The molecule has 2 aromatic rings. The number of nitrogens with one attached hydrogen (secondary N) is 4. The molecule has 1 heterocycles. The molecule has 1 aromatic heterocycles. The van der Waals surface area contributed by atoms with Crippen LogP contribution in [0.2, 0.25) is 0 Å². The Kier molecular flexibility index (Phi) is 9.52. The Morgan fingerprint density at radius 1 is 1.03 bits per heavy atom. The Morgan fingerprint density at radius 2 is 1.65 bits per heavy atom. The molecule has 0 fully saturated rings. The number of aromatic hydroxyl groups is 1. The highest BCUT2D eigenvalue weighted by Gasteiger charge is 2.30. The first-order valence-electron chi connectivity index (χ1n) is 10.4. The van der Waals surface area contributed by atoms with Crippen molar-refractivity contribution in [2.75, 3.05) is 6.54 Å². The Bertz CT molecular complexity index is 978. The van der Waals surface area contributed by atoms with Gasteiger partial charge in [-0.25, -0.2) is 4.98 Å². The number of H-pyrrole nitrogens is 1. The lowest BCUT2D eigenvalue weighted by molar-refractivity contribution is -0.138. The first-order valence-corrected chi connectivity index (χ1v) is 10.4. The number of imidazole rings is 1. The predicted octanol–water partition coefficient (Wildman–Crippen LogP) is -2.22. The molecule has 0 saturated carbocycles. The number of rotatable bonds is 12. The number of carboxylic acid groups (broad SMARTS) is 1. The van der Waals surface area contributed by atoms with Gasteiger partial charge in [0.15, 0.2) is 0 Å². The highest BCUT2D eigenvalue weighted by Crippen LogP contribution is 2.12. The van der Waals surface area contributed by atoms with Crippen molar-refractivity contribution in [1.82, 2.24) is 25.9 Å². The summed E-state index contributed by atoms with van der Waals surface area (Å²) in [5.41, 5.74) is 6.76. The van der Waals surface area contributed by atoms with E-state index in [-0.39, 0.29) is 18.6 Å². The molecule has 34 heavy (non-hydrogen) atoms. The van der Waals surface area contributed by atoms with E-state index in [1.54, 1.807) is 12.1 Å². The summed E-state index contributed by atoms with van der Waals surface area (Å²) in [5, 5.41) is 35.1. The van der Waals surface area contributed by atoms with Gasteiger partial charge in [-0.3, -0.25) is 19.2 Å². The molecule has 3 amide bonds. The van der Waals surface area contributed by atoms with E-state index < -0.39 is 54.5 Å². The minimum absolute atomic E-state index is 0.0136. The zero-order valence-corrected chi connectivity index (χ0v) is 18.4. The molecule has 0 bridgehead atoms. The Balaban J connectivity index is 2.23. The number of aromatic nitrogens is 2. The molecule has 0 spiro atoms. The van der Waals surface area contributed by atoms with Crippen molar-refractivity contribution in [2.24, 2.45) is 5.73 Å². The number of nitrogens with two attached hydrogens (primary N) is 1. The van der Waals surface area contributed by atoms with Crippen molar-refractivity contribution in [3.63, 3.8) is 0 Å². The SMILES string of the molecule is CC(O)C(N)C(=O)NC(Cc1ccc(O)cc1)C(=O)NC(Cc1cnc[nH]1)C(=O)NCC(=O)O. The second kappa shape index (κ2) is 12.3. The zero-order chi connectivity index (χ0) is 25.3. The summed E-state index contributed by atoms with van der Waals surface area (Å²) < 4.78 is 0. The van der Waals surface area contributed by atoms with E-state index in [4.69, 9.17) is 10.8 Å². The predicted molar refractivity (Wildman–Crippen MR) is 118 cm³/mol. The summed E-state index contributed by atoms with van der Waals surface area (Å²) in [6.07, 6.45) is 1.62. The Hall–Kier alpha value is -3.97. The fourth-order valence-corrected chi connectivity index (χ4v) is 2.95. The van der Waals surface area contributed by atoms with Crippen LogP contribution in [0.25, 0.3) is 0 Å². The molecule has 0 aliphatic rings.